The molecule has 328 valence electrons. The van der Waals surface area contributed by atoms with Crippen LogP contribution < -0.4 is 54.0 Å². The van der Waals surface area contributed by atoms with Crippen LogP contribution in [0.4, 0.5) is 0 Å². The maximum atomic E-state index is 13.1. The molecule has 0 bridgehead atoms. The van der Waals surface area contributed by atoms with E-state index in [1.165, 1.54) is 20.8 Å². The zero-order chi connectivity index (χ0) is 45.0. The first-order valence-electron chi connectivity index (χ1n) is 18.2. The summed E-state index contributed by atoms with van der Waals surface area (Å²) in [7, 11) is 0. The molecule has 0 aliphatic heterocycles. The van der Waals surface area contributed by atoms with Gasteiger partial charge in [0.05, 0.1) is 38.8 Å². The van der Waals surface area contributed by atoms with Gasteiger partial charge in [-0.3, -0.25) is 43.2 Å². The number of nitrogens with one attached hydrogen (secondary N) is 8. The quantitative estimate of drug-likeness (QED) is 0.0435. The number of aliphatic hydroxyl groups is 3. The first kappa shape index (κ1) is 50.8. The highest BCUT2D eigenvalue weighted by Crippen LogP contribution is 2.06. The third-order valence-electron chi connectivity index (χ3n) is 8.24. The van der Waals surface area contributed by atoms with Gasteiger partial charge in [0.15, 0.2) is 0 Å². The normalized spacial score (nSPS) is 14.9. The van der Waals surface area contributed by atoms with E-state index < -0.39 is 146 Å². The monoisotopic (exact) mass is 838 g/mol. The Labute approximate surface area is 338 Å². The van der Waals surface area contributed by atoms with Crippen molar-refractivity contribution in [1.82, 2.24) is 42.5 Å². The molecule has 16 N–H and O–H groups in total. The van der Waals surface area contributed by atoms with Gasteiger partial charge in [0, 0.05) is 6.42 Å². The fraction of sp³-hybridized carbons (Fsp3) is 0.543. The number of amides is 9. The molecular weight excluding hydrogens is 784 g/mol. The number of aliphatic carboxylic acids is 1. The average Bonchev–Trinajstić information content (AvgIpc) is 3.17. The molecule has 0 fully saturated rings. The number of carboxylic acid groups (broad SMARTS) is 1. The Morgan fingerprint density at radius 2 is 1.03 bits per heavy atom. The van der Waals surface area contributed by atoms with Crippen LogP contribution in [-0.2, 0) is 54.4 Å². The molecule has 0 heterocycles. The minimum absolute atomic E-state index is 0.00403. The number of aliphatic hydroxyl groups excluding tert-OH is 3. The molecule has 8 atom stereocenters. The van der Waals surface area contributed by atoms with Gasteiger partial charge < -0.3 is 74.4 Å². The van der Waals surface area contributed by atoms with Crippen molar-refractivity contribution in [3.8, 4) is 0 Å². The summed E-state index contributed by atoms with van der Waals surface area (Å²) in [6, 6.07) is -3.30. The van der Waals surface area contributed by atoms with Gasteiger partial charge in [-0.2, -0.15) is 0 Å². The minimum atomic E-state index is -1.78. The Morgan fingerprint density at radius 1 is 0.576 bits per heavy atom. The van der Waals surface area contributed by atoms with E-state index in [0.717, 1.165) is 6.92 Å². The Balaban J connectivity index is 2.89. The largest absolute Gasteiger partial charge is 0.480 e. The number of nitrogens with two attached hydrogens (primary N) is 2. The van der Waals surface area contributed by atoms with E-state index in [4.69, 9.17) is 11.5 Å². The highest BCUT2D eigenvalue weighted by atomic mass is 16.4. The molecule has 0 aromatic heterocycles. The second-order valence-electron chi connectivity index (χ2n) is 13.6. The standard InChI is InChI=1S/C35H54N10O14/c1-16(2)27(35(58)59)45-34(57)24(15-48)43-29(52)18(4)39-31(54)21(11-25(37)49)42-33(56)23(14-47)40-26(50)12-38-30(53)22(13-46)44-32(55)20(41-28(51)17(3)36)10-19-8-6-5-7-9-19/h5-9,16-18,20-24,27,46-48H,10-15,36H2,1-4H3,(H2,37,49)(H,38,53)(H,39,54)(H,40,50)(H,41,51)(H,42,56)(H,43,52)(H,44,55)(H,45,57)(H,58,59)/t17-,18-,20-,21-,22-,23-,24-,27-/m0/s1. The summed E-state index contributed by atoms with van der Waals surface area (Å²) in [5.41, 5.74) is 11.5. The maximum Gasteiger partial charge on any atom is 0.326 e. The van der Waals surface area contributed by atoms with Crippen LogP contribution >= 0.6 is 0 Å². The van der Waals surface area contributed by atoms with Crippen LogP contribution in [0.3, 0.4) is 0 Å². The molecule has 0 spiro atoms. The molecule has 0 aliphatic carbocycles. The lowest BCUT2D eigenvalue weighted by atomic mass is 10.0. The highest BCUT2D eigenvalue weighted by Gasteiger charge is 2.33. The molecule has 0 radical (unpaired) electrons. The van der Waals surface area contributed by atoms with Crippen molar-refractivity contribution in [2.75, 3.05) is 26.4 Å². The van der Waals surface area contributed by atoms with Gasteiger partial charge in [0.25, 0.3) is 0 Å². The lowest BCUT2D eigenvalue weighted by molar-refractivity contribution is -0.143. The van der Waals surface area contributed by atoms with Gasteiger partial charge in [0.2, 0.25) is 53.2 Å². The summed E-state index contributed by atoms with van der Waals surface area (Å²) < 4.78 is 0. The number of carboxylic acids is 1. The number of hydrogen-bond acceptors (Lipinski definition) is 14. The zero-order valence-electron chi connectivity index (χ0n) is 32.9. The molecule has 1 aromatic rings. The topological polar surface area (TPSA) is 400 Å². The number of primary amides is 1. The summed E-state index contributed by atoms with van der Waals surface area (Å²) >= 11 is 0. The fourth-order valence-electron chi connectivity index (χ4n) is 4.88. The fourth-order valence-corrected chi connectivity index (χ4v) is 4.88. The molecule has 0 saturated heterocycles. The van der Waals surface area contributed by atoms with Gasteiger partial charge in [-0.05, 0) is 25.3 Å². The van der Waals surface area contributed by atoms with Crippen LogP contribution in [0.1, 0.15) is 39.7 Å². The first-order valence-corrected chi connectivity index (χ1v) is 18.2. The van der Waals surface area contributed by atoms with E-state index in [1.807, 2.05) is 0 Å². The van der Waals surface area contributed by atoms with E-state index in [0.29, 0.717) is 5.56 Å². The number of carbonyl (C=O) groups excluding carboxylic acids is 9. The molecule has 59 heavy (non-hydrogen) atoms. The van der Waals surface area contributed by atoms with E-state index >= 15 is 0 Å². The molecule has 0 aliphatic rings. The van der Waals surface area contributed by atoms with E-state index in [1.54, 1.807) is 30.3 Å². The Kier molecular flexibility index (Phi) is 21.7. The van der Waals surface area contributed by atoms with Crippen molar-refractivity contribution in [3.05, 3.63) is 35.9 Å². The van der Waals surface area contributed by atoms with Crippen molar-refractivity contribution in [2.24, 2.45) is 17.4 Å². The average molecular weight is 839 g/mol. The van der Waals surface area contributed by atoms with Crippen molar-refractivity contribution >= 4 is 59.1 Å². The predicted octanol–water partition coefficient (Wildman–Crippen LogP) is -7.30. The molecule has 1 aromatic carbocycles. The number of rotatable bonds is 25. The summed E-state index contributed by atoms with van der Waals surface area (Å²) in [6.07, 6.45) is -0.840. The highest BCUT2D eigenvalue weighted by molar-refractivity contribution is 5.98. The molecule has 0 unspecified atom stereocenters. The summed E-state index contributed by atoms with van der Waals surface area (Å²) in [6.45, 7) is 1.75. The number of hydrogen-bond donors (Lipinski definition) is 14. The third kappa shape index (κ3) is 17.8. The summed E-state index contributed by atoms with van der Waals surface area (Å²) in [5, 5.41) is 56.1. The number of carbonyl (C=O) groups is 10. The first-order chi connectivity index (χ1) is 27.6. The lowest BCUT2D eigenvalue weighted by Gasteiger charge is -2.25. The van der Waals surface area contributed by atoms with Gasteiger partial charge in [0.1, 0.15) is 42.3 Å². The predicted molar refractivity (Wildman–Crippen MR) is 204 cm³/mol. The SMILES string of the molecule is CC(C)[C@H](NC(=O)[C@H](CO)NC(=O)[C@H](C)NC(=O)[C@H](CC(N)=O)NC(=O)[C@H](CO)NC(=O)CNC(=O)[C@H](CO)NC(=O)[C@H](Cc1ccccc1)NC(=O)[C@H](C)N)C(=O)O. The minimum Gasteiger partial charge on any atom is -0.480 e. The Hall–Kier alpha value is -6.24. The van der Waals surface area contributed by atoms with Gasteiger partial charge >= 0.3 is 5.97 Å². The van der Waals surface area contributed by atoms with E-state index in [2.05, 4.69) is 42.5 Å². The van der Waals surface area contributed by atoms with Gasteiger partial charge in [-0.15, -0.1) is 0 Å². The van der Waals surface area contributed by atoms with Crippen molar-refractivity contribution in [2.45, 2.75) is 88.9 Å². The Bertz CT molecular complexity index is 1660. The maximum absolute atomic E-state index is 13.1. The lowest BCUT2D eigenvalue weighted by Crippen LogP contribution is -2.60. The molecular formula is C35H54N10O14. The van der Waals surface area contributed by atoms with Crippen LogP contribution in [-0.4, -0.2) is 154 Å². The van der Waals surface area contributed by atoms with Crippen molar-refractivity contribution < 1.29 is 68.4 Å². The van der Waals surface area contributed by atoms with Crippen LogP contribution in [0.15, 0.2) is 30.3 Å². The molecule has 9 amide bonds. The van der Waals surface area contributed by atoms with E-state index in [-0.39, 0.29) is 6.42 Å². The smallest absolute Gasteiger partial charge is 0.326 e. The summed E-state index contributed by atoms with van der Waals surface area (Å²) in [5.74, 6) is -11.1. The van der Waals surface area contributed by atoms with Crippen LogP contribution in [0.2, 0.25) is 0 Å². The summed E-state index contributed by atoms with van der Waals surface area (Å²) in [4.78, 5) is 125. The molecule has 0 saturated carbocycles. The van der Waals surface area contributed by atoms with E-state index in [9.17, 15) is 68.4 Å². The van der Waals surface area contributed by atoms with Crippen LogP contribution in [0.5, 0.6) is 0 Å². The van der Waals surface area contributed by atoms with Crippen LogP contribution in [0.25, 0.3) is 0 Å². The van der Waals surface area contributed by atoms with Crippen molar-refractivity contribution in [3.63, 3.8) is 0 Å². The van der Waals surface area contributed by atoms with Crippen molar-refractivity contribution in [1.29, 1.82) is 0 Å². The molecule has 24 heteroatoms. The Morgan fingerprint density at radius 3 is 1.54 bits per heavy atom. The second-order valence-corrected chi connectivity index (χ2v) is 13.6. The second kappa shape index (κ2) is 25.2. The molecule has 24 nitrogen and oxygen atoms in total. The molecule has 1 rings (SSSR count). The third-order valence-corrected chi connectivity index (χ3v) is 8.24. The zero-order valence-corrected chi connectivity index (χ0v) is 32.9. The van der Waals surface area contributed by atoms with Gasteiger partial charge in [-0.25, -0.2) is 4.79 Å². The number of benzene rings is 1. The van der Waals surface area contributed by atoms with Crippen LogP contribution in [0, 0.1) is 5.92 Å². The van der Waals surface area contributed by atoms with Gasteiger partial charge in [-0.1, -0.05) is 44.2 Å².